The van der Waals surface area contributed by atoms with Crippen molar-refractivity contribution >= 4 is 92.0 Å². The van der Waals surface area contributed by atoms with Gasteiger partial charge in [0.05, 0.1) is 0 Å². The minimum atomic E-state index is -2.64. The molecule has 0 atom stereocenters. The second-order valence-corrected chi connectivity index (χ2v) is 10.4. The fraction of sp³-hybridized carbons (Fsp3) is 0.125. The molecule has 0 saturated carbocycles. The summed E-state index contributed by atoms with van der Waals surface area (Å²) in [5.41, 5.74) is 0.260. The summed E-state index contributed by atoms with van der Waals surface area (Å²) in [5.74, 6) is -1.67. The molecule has 0 aliphatic carbocycles. The van der Waals surface area contributed by atoms with E-state index in [2.05, 4.69) is 36.4 Å². The van der Waals surface area contributed by atoms with E-state index in [1.165, 1.54) is 19.2 Å². The number of carboxylic acids is 2. The molecule has 9 heteroatoms. The van der Waals surface area contributed by atoms with Crippen LogP contribution in [-0.4, -0.2) is 79.1 Å². The normalized spacial score (nSPS) is 9.61. The molecular weight excluding hydrogens is 561 g/mol. The molecule has 0 aromatic heterocycles. The van der Waals surface area contributed by atoms with Crippen LogP contribution in [0.1, 0.15) is 20.8 Å². The molecule has 175 valence electrons. The third-order valence-corrected chi connectivity index (χ3v) is 8.80. The van der Waals surface area contributed by atoms with Crippen LogP contribution in [0.15, 0.2) is 91.0 Å². The number of hydrogen-bond acceptors (Lipinski definition) is 4. The summed E-state index contributed by atoms with van der Waals surface area (Å²) in [6.45, 7) is 3.90. The molecule has 0 amide bonds. The first-order valence-corrected chi connectivity index (χ1v) is 12.1. The molecule has 33 heavy (non-hydrogen) atoms. The predicted octanol–water partition coefficient (Wildman–Crippen LogP) is 2.94. The van der Waals surface area contributed by atoms with Gasteiger partial charge in [0.1, 0.15) is 0 Å². The zero-order valence-corrected chi connectivity index (χ0v) is 24.7. The van der Waals surface area contributed by atoms with Crippen molar-refractivity contribution in [2.24, 2.45) is 0 Å². The number of carboxylic acid groups (broad SMARTS) is 2. The van der Waals surface area contributed by atoms with Gasteiger partial charge in [0, 0.05) is 65.2 Å². The van der Waals surface area contributed by atoms with Gasteiger partial charge in [0.25, 0.3) is 11.9 Å². The topological polar surface area (TPSA) is 109 Å². The van der Waals surface area contributed by atoms with Gasteiger partial charge < -0.3 is 10.2 Å². The molecule has 0 heterocycles. The average Bonchev–Trinajstić information content (AvgIpc) is 2.77. The van der Waals surface area contributed by atoms with Crippen LogP contribution in [-0.2, 0) is 37.0 Å². The Morgan fingerprint density at radius 1 is 0.576 bits per heavy atom. The Bertz CT molecular complexity index is 855. The van der Waals surface area contributed by atoms with E-state index in [0.29, 0.717) is 0 Å². The van der Waals surface area contributed by atoms with Crippen LogP contribution in [0.25, 0.3) is 0 Å². The molecule has 0 fully saturated rings. The first kappa shape index (κ1) is 34.0. The van der Waals surface area contributed by atoms with Crippen LogP contribution in [0.5, 0.6) is 0 Å². The van der Waals surface area contributed by atoms with Crippen molar-refractivity contribution in [3.05, 3.63) is 91.0 Å². The van der Waals surface area contributed by atoms with Crippen molar-refractivity contribution in [3.63, 3.8) is 0 Å². The third-order valence-electron chi connectivity index (χ3n) is 4.15. The molecular formula is C24H27KO6PPd. The van der Waals surface area contributed by atoms with Crippen LogP contribution < -0.4 is 15.9 Å². The molecule has 0 spiro atoms. The van der Waals surface area contributed by atoms with E-state index in [1.54, 1.807) is 6.92 Å². The summed E-state index contributed by atoms with van der Waals surface area (Å²) in [6.07, 6.45) is 0. The molecule has 1 radical (unpaired) electrons. The van der Waals surface area contributed by atoms with E-state index in [0.717, 1.165) is 29.8 Å². The van der Waals surface area contributed by atoms with Gasteiger partial charge in [0.15, 0.2) is 0 Å². The Morgan fingerprint density at radius 2 is 0.758 bits per heavy atom. The van der Waals surface area contributed by atoms with E-state index < -0.39 is 19.2 Å². The van der Waals surface area contributed by atoms with E-state index in [9.17, 15) is 4.79 Å². The van der Waals surface area contributed by atoms with Crippen molar-refractivity contribution in [1.29, 1.82) is 0 Å². The van der Waals surface area contributed by atoms with E-state index in [-0.39, 0.29) is 56.9 Å². The van der Waals surface area contributed by atoms with Crippen LogP contribution in [0.3, 0.4) is 0 Å². The van der Waals surface area contributed by atoms with Crippen molar-refractivity contribution in [1.82, 2.24) is 0 Å². The second kappa shape index (κ2) is 19.1. The first-order chi connectivity index (χ1) is 15.2. The molecule has 0 unspecified atom stereocenters. The quantitative estimate of drug-likeness (QED) is 0.359. The predicted molar refractivity (Wildman–Crippen MR) is 130 cm³/mol. The van der Waals surface area contributed by atoms with E-state index in [1.807, 2.05) is 54.6 Å². The van der Waals surface area contributed by atoms with Gasteiger partial charge in [-0.1, -0.05) is 0 Å². The zero-order valence-electron chi connectivity index (χ0n) is 19.0. The van der Waals surface area contributed by atoms with Gasteiger partial charge in [0.2, 0.25) is 0 Å². The molecule has 3 aromatic rings. The first-order valence-electron chi connectivity index (χ1n) is 9.42. The molecule has 0 aliphatic heterocycles. The standard InChI is InChI=1S/C20H19OP.2C2H4O2.K.O.Pd/c1-17(21)22(18-11-5-2-6-12-18,19-13-7-3-8-14-19)20-15-9-4-10-16-20;2*1-2(3)4;;;/h2-16,22H,1H3;2*1H3,(H,3,4);;;. The summed E-state index contributed by atoms with van der Waals surface area (Å²) in [7, 11) is -2.64. The SMILES string of the molecule is CC(=O)O.CC(=O)O.CC(=O)[PH](c1ccccc1)(c1ccccc1)c1ccccc1.[K].[O]=[Pd]. The number of carbonyl (C=O) groups excluding carboxylic acids is 1. The molecule has 2 N–H and O–H groups in total. The van der Waals surface area contributed by atoms with Crippen molar-refractivity contribution in [3.8, 4) is 0 Å². The maximum absolute atomic E-state index is 12.9. The summed E-state index contributed by atoms with van der Waals surface area (Å²) >= 11 is 1.50. The molecule has 3 rings (SSSR count). The van der Waals surface area contributed by atoms with Gasteiger partial charge in [-0.2, -0.15) is 0 Å². The Balaban J connectivity index is 0. The van der Waals surface area contributed by atoms with E-state index in [4.69, 9.17) is 23.3 Å². The van der Waals surface area contributed by atoms with Gasteiger partial charge in [-0.15, -0.1) is 0 Å². The molecule has 0 saturated heterocycles. The third kappa shape index (κ3) is 11.7. The van der Waals surface area contributed by atoms with Gasteiger partial charge in [-0.05, 0) is 0 Å². The molecule has 0 bridgehead atoms. The summed E-state index contributed by atoms with van der Waals surface area (Å²) in [5, 5.41) is 18.2. The number of hydrogen-bond donors (Lipinski definition) is 2. The minimum absolute atomic E-state index is 0. The monoisotopic (exact) mass is 587 g/mol. The molecule has 6 nitrogen and oxygen atoms in total. The van der Waals surface area contributed by atoms with Crippen molar-refractivity contribution in [2.75, 3.05) is 0 Å². The van der Waals surface area contributed by atoms with Crippen LogP contribution in [0.2, 0.25) is 0 Å². The summed E-state index contributed by atoms with van der Waals surface area (Å²) in [6, 6.07) is 30.7. The average molecular weight is 588 g/mol. The number of carbonyl (C=O) groups is 3. The molecule has 0 aliphatic rings. The Labute approximate surface area is 248 Å². The Morgan fingerprint density at radius 3 is 0.909 bits per heavy atom. The molecule has 3 aromatic carbocycles. The fourth-order valence-corrected chi connectivity index (χ4v) is 7.47. The zero-order chi connectivity index (χ0) is 24.6. The van der Waals surface area contributed by atoms with Crippen LogP contribution in [0.4, 0.5) is 0 Å². The number of benzene rings is 3. The fourth-order valence-electron chi connectivity index (χ4n) is 3.17. The van der Waals surface area contributed by atoms with Crippen molar-refractivity contribution < 1.29 is 47.2 Å². The Kier molecular flexibility index (Phi) is 19.7. The second-order valence-electron chi connectivity index (χ2n) is 6.44. The van der Waals surface area contributed by atoms with Gasteiger partial charge >= 0.3 is 154 Å². The Hall–Kier alpha value is -1.20. The van der Waals surface area contributed by atoms with Crippen molar-refractivity contribution in [2.45, 2.75) is 20.8 Å². The number of rotatable bonds is 4. The summed E-state index contributed by atoms with van der Waals surface area (Å²) in [4.78, 5) is 30.9. The van der Waals surface area contributed by atoms with Crippen LogP contribution in [0, 0.1) is 0 Å². The summed E-state index contributed by atoms with van der Waals surface area (Å²) < 4.78 is 8.10. The van der Waals surface area contributed by atoms with Gasteiger partial charge in [-0.25, -0.2) is 0 Å². The van der Waals surface area contributed by atoms with Crippen LogP contribution >= 0.6 is 7.26 Å². The van der Waals surface area contributed by atoms with E-state index >= 15 is 0 Å². The van der Waals surface area contributed by atoms with Gasteiger partial charge in [-0.3, -0.25) is 9.59 Å². The maximum atomic E-state index is 12.9. The number of aliphatic carboxylic acids is 2.